The van der Waals surface area contributed by atoms with E-state index in [1.54, 1.807) is 25.6 Å². The van der Waals surface area contributed by atoms with E-state index in [0.717, 1.165) is 48.3 Å². The molecule has 0 unspecified atom stereocenters. The molecule has 1 saturated heterocycles. The van der Waals surface area contributed by atoms with Gasteiger partial charge in [0, 0.05) is 54.8 Å². The molecule has 1 aliphatic heterocycles. The minimum atomic E-state index is -0.107. The van der Waals surface area contributed by atoms with E-state index < -0.39 is 0 Å². The second kappa shape index (κ2) is 11.2. The lowest BCUT2D eigenvalue weighted by atomic mass is 10.1. The van der Waals surface area contributed by atoms with Crippen molar-refractivity contribution in [3.8, 4) is 17.7 Å². The fourth-order valence-corrected chi connectivity index (χ4v) is 3.58. The Balaban J connectivity index is 1.49. The smallest absolute Gasteiger partial charge is 0.251 e. The molecule has 2 aromatic heterocycles. The average molecular weight is 446 g/mol. The summed E-state index contributed by atoms with van der Waals surface area (Å²) in [5.74, 6) is 6.84. The molecule has 33 heavy (non-hydrogen) atoms. The monoisotopic (exact) mass is 445 g/mol. The molecule has 3 aromatic rings. The zero-order valence-corrected chi connectivity index (χ0v) is 18.6. The Morgan fingerprint density at radius 2 is 2.09 bits per heavy atom. The van der Waals surface area contributed by atoms with Crippen molar-refractivity contribution in [1.29, 1.82) is 0 Å². The maximum atomic E-state index is 12.8. The number of carbonyl (C=O) groups is 1. The lowest BCUT2D eigenvalue weighted by Crippen LogP contribution is -2.36. The topological polar surface area (TPSA) is 92.4 Å². The third-order valence-electron chi connectivity index (χ3n) is 5.38. The van der Waals surface area contributed by atoms with Crippen LogP contribution in [0.3, 0.4) is 0 Å². The number of nitrogens with one attached hydrogen (secondary N) is 2. The SMILES string of the molecule is COc1ccc(C#Cc2cc(C(=O)NCCCc3cn[nH]c3)ccc2N2CCOCC2)cn1. The van der Waals surface area contributed by atoms with Crippen LogP contribution in [0.4, 0.5) is 5.69 Å². The Bertz CT molecular complexity index is 1110. The van der Waals surface area contributed by atoms with E-state index in [2.05, 4.69) is 37.2 Å². The molecular formula is C25H27N5O3. The number of H-pyrrole nitrogens is 1. The molecule has 0 saturated carbocycles. The molecule has 3 heterocycles. The summed E-state index contributed by atoms with van der Waals surface area (Å²) >= 11 is 0. The van der Waals surface area contributed by atoms with Crippen molar-refractivity contribution in [1.82, 2.24) is 20.5 Å². The number of aromatic amines is 1. The van der Waals surface area contributed by atoms with Crippen LogP contribution >= 0.6 is 0 Å². The van der Waals surface area contributed by atoms with Crippen molar-refractivity contribution in [3.63, 3.8) is 0 Å². The highest BCUT2D eigenvalue weighted by atomic mass is 16.5. The summed E-state index contributed by atoms with van der Waals surface area (Å²) in [6, 6.07) is 9.34. The molecule has 0 bridgehead atoms. The van der Waals surface area contributed by atoms with Crippen molar-refractivity contribution >= 4 is 11.6 Å². The number of ether oxygens (including phenoxy) is 2. The number of aryl methyl sites for hydroxylation is 1. The normalized spacial score (nSPS) is 13.2. The zero-order chi connectivity index (χ0) is 22.9. The Morgan fingerprint density at radius 1 is 1.21 bits per heavy atom. The number of anilines is 1. The van der Waals surface area contributed by atoms with Crippen LogP contribution in [0.25, 0.3) is 0 Å². The molecule has 8 nitrogen and oxygen atoms in total. The van der Waals surface area contributed by atoms with Gasteiger partial charge in [0.05, 0.1) is 32.2 Å². The fourth-order valence-electron chi connectivity index (χ4n) is 3.58. The van der Waals surface area contributed by atoms with Gasteiger partial charge in [-0.2, -0.15) is 5.10 Å². The van der Waals surface area contributed by atoms with E-state index in [4.69, 9.17) is 9.47 Å². The minimum absolute atomic E-state index is 0.107. The van der Waals surface area contributed by atoms with Crippen LogP contribution in [0.1, 0.15) is 33.5 Å². The quantitative estimate of drug-likeness (QED) is 0.429. The van der Waals surface area contributed by atoms with Gasteiger partial charge in [-0.25, -0.2) is 4.98 Å². The number of benzene rings is 1. The van der Waals surface area contributed by atoms with Crippen LogP contribution < -0.4 is 15.0 Å². The summed E-state index contributed by atoms with van der Waals surface area (Å²) in [6.45, 7) is 3.52. The molecule has 0 spiro atoms. The van der Waals surface area contributed by atoms with Gasteiger partial charge in [-0.05, 0) is 42.7 Å². The first-order chi connectivity index (χ1) is 16.2. The Kier molecular flexibility index (Phi) is 7.56. The summed E-state index contributed by atoms with van der Waals surface area (Å²) in [6.07, 6.45) is 7.05. The van der Waals surface area contributed by atoms with Gasteiger partial charge in [0.2, 0.25) is 5.88 Å². The van der Waals surface area contributed by atoms with Crippen LogP contribution in [-0.2, 0) is 11.2 Å². The highest BCUT2D eigenvalue weighted by Crippen LogP contribution is 2.23. The standard InChI is InChI=1S/C25H27N5O3/c1-32-24-9-5-19(16-27-24)4-6-21-15-22(7-8-23(21)30-11-13-33-14-12-30)25(31)26-10-2-3-20-17-28-29-18-20/h5,7-9,15-18H,2-3,10-14H2,1H3,(H,26,31)(H,28,29). The van der Waals surface area contributed by atoms with Crippen molar-refractivity contribution in [2.24, 2.45) is 0 Å². The van der Waals surface area contributed by atoms with Crippen LogP contribution in [0, 0.1) is 11.8 Å². The van der Waals surface area contributed by atoms with Gasteiger partial charge in [0.1, 0.15) is 0 Å². The Morgan fingerprint density at radius 3 is 2.82 bits per heavy atom. The number of morpholine rings is 1. The van der Waals surface area contributed by atoms with E-state index in [-0.39, 0.29) is 5.91 Å². The third kappa shape index (κ3) is 6.11. The molecule has 170 valence electrons. The number of hydrogen-bond acceptors (Lipinski definition) is 6. The largest absolute Gasteiger partial charge is 0.481 e. The zero-order valence-electron chi connectivity index (χ0n) is 18.6. The molecule has 8 heteroatoms. The number of carbonyl (C=O) groups excluding carboxylic acids is 1. The molecule has 1 fully saturated rings. The van der Waals surface area contributed by atoms with E-state index >= 15 is 0 Å². The van der Waals surface area contributed by atoms with Gasteiger partial charge in [-0.15, -0.1) is 0 Å². The van der Waals surface area contributed by atoms with Crippen molar-refractivity contribution in [2.45, 2.75) is 12.8 Å². The van der Waals surface area contributed by atoms with Crippen LogP contribution in [0.5, 0.6) is 5.88 Å². The summed E-state index contributed by atoms with van der Waals surface area (Å²) in [7, 11) is 1.58. The average Bonchev–Trinajstić information content (AvgIpc) is 3.39. The molecular weight excluding hydrogens is 418 g/mol. The first-order valence-electron chi connectivity index (χ1n) is 11.0. The predicted molar refractivity (Wildman–Crippen MR) is 125 cm³/mol. The van der Waals surface area contributed by atoms with Crippen LogP contribution in [0.2, 0.25) is 0 Å². The molecule has 1 aliphatic rings. The molecule has 0 aliphatic carbocycles. The molecule has 1 amide bonds. The van der Waals surface area contributed by atoms with Gasteiger partial charge >= 0.3 is 0 Å². The van der Waals surface area contributed by atoms with Crippen LogP contribution in [-0.4, -0.2) is 61.0 Å². The highest BCUT2D eigenvalue weighted by Gasteiger charge is 2.16. The number of aromatic nitrogens is 3. The summed E-state index contributed by atoms with van der Waals surface area (Å²) in [4.78, 5) is 19.2. The lowest BCUT2D eigenvalue weighted by molar-refractivity contribution is 0.0953. The first kappa shape index (κ1) is 22.4. The minimum Gasteiger partial charge on any atom is -0.481 e. The van der Waals surface area contributed by atoms with E-state index in [9.17, 15) is 4.79 Å². The second-order valence-corrected chi connectivity index (χ2v) is 7.64. The summed E-state index contributed by atoms with van der Waals surface area (Å²) in [5.41, 5.74) is 4.30. The number of nitrogens with zero attached hydrogens (tertiary/aromatic N) is 3. The fraction of sp³-hybridized carbons (Fsp3) is 0.320. The predicted octanol–water partition coefficient (Wildman–Crippen LogP) is 2.41. The maximum absolute atomic E-state index is 12.8. The van der Waals surface area contributed by atoms with Crippen molar-refractivity contribution in [3.05, 3.63) is 71.2 Å². The lowest BCUT2D eigenvalue weighted by Gasteiger charge is -2.30. The molecule has 4 rings (SSSR count). The van der Waals surface area contributed by atoms with E-state index in [1.165, 1.54) is 0 Å². The number of methoxy groups -OCH3 is 1. The molecule has 1 aromatic carbocycles. The highest BCUT2D eigenvalue weighted by molar-refractivity contribution is 5.95. The number of pyridine rings is 1. The number of amides is 1. The van der Waals surface area contributed by atoms with E-state index in [0.29, 0.717) is 31.2 Å². The Hall–Kier alpha value is -3.83. The molecule has 0 radical (unpaired) electrons. The van der Waals surface area contributed by atoms with Gasteiger partial charge in [-0.3, -0.25) is 9.89 Å². The maximum Gasteiger partial charge on any atom is 0.251 e. The van der Waals surface area contributed by atoms with Gasteiger partial charge in [0.25, 0.3) is 5.91 Å². The summed E-state index contributed by atoms with van der Waals surface area (Å²) < 4.78 is 10.6. The second-order valence-electron chi connectivity index (χ2n) is 7.64. The van der Waals surface area contributed by atoms with Gasteiger partial charge in [0.15, 0.2) is 0 Å². The molecule has 0 atom stereocenters. The summed E-state index contributed by atoms with van der Waals surface area (Å²) in [5, 5.41) is 9.74. The van der Waals surface area contributed by atoms with Gasteiger partial charge < -0.3 is 19.7 Å². The van der Waals surface area contributed by atoms with E-state index in [1.807, 2.05) is 30.5 Å². The third-order valence-corrected chi connectivity index (χ3v) is 5.38. The number of hydrogen-bond donors (Lipinski definition) is 2. The van der Waals surface area contributed by atoms with Crippen molar-refractivity contribution < 1.29 is 14.3 Å². The molecule has 2 N–H and O–H groups in total. The Labute approximate surface area is 193 Å². The van der Waals surface area contributed by atoms with Gasteiger partial charge in [-0.1, -0.05) is 11.8 Å². The number of rotatable bonds is 7. The van der Waals surface area contributed by atoms with Crippen LogP contribution in [0.15, 0.2) is 48.9 Å². The van der Waals surface area contributed by atoms with Crippen molar-refractivity contribution in [2.75, 3.05) is 44.9 Å². The first-order valence-corrected chi connectivity index (χ1v) is 11.0.